The fourth-order valence-corrected chi connectivity index (χ4v) is 4.18. The summed E-state index contributed by atoms with van der Waals surface area (Å²) in [4.78, 5) is 73.6. The van der Waals surface area contributed by atoms with Crippen molar-refractivity contribution >= 4 is 81.8 Å². The Morgan fingerprint density at radius 3 is 1.47 bits per heavy atom. The number of anilines is 4. The molecule has 0 aliphatic heterocycles. The zero-order valence-electron chi connectivity index (χ0n) is 24.8. The van der Waals surface area contributed by atoms with Crippen molar-refractivity contribution in [3.05, 3.63) is 57.1 Å². The van der Waals surface area contributed by atoms with Crippen LogP contribution in [0.2, 0.25) is 10.3 Å². The summed E-state index contributed by atoms with van der Waals surface area (Å²) in [5, 5.41) is 4.26. The Balaban J connectivity index is 1.44. The number of nitrogen functional groups attached to an aromatic ring is 4. The van der Waals surface area contributed by atoms with E-state index in [1.165, 1.54) is 0 Å². The van der Waals surface area contributed by atoms with Gasteiger partial charge in [-0.1, -0.05) is 47.5 Å². The number of Topliss-reactive ketones (excluding diaryl/α,β-unsaturated/α-hetero) is 2. The average molecular weight is 688 g/mol. The van der Waals surface area contributed by atoms with E-state index in [0.29, 0.717) is 18.4 Å². The maximum absolute atomic E-state index is 12.9. The highest BCUT2D eigenvalue weighted by atomic mass is 35.5. The minimum atomic E-state index is -0.787. The zero-order chi connectivity index (χ0) is 34.7. The molecule has 3 aromatic rings. The fraction of sp³-hybridized carbons (Fsp3) is 0.259. The molecule has 2 heterocycles. The van der Waals surface area contributed by atoms with Crippen molar-refractivity contribution in [2.75, 3.05) is 36.0 Å². The van der Waals surface area contributed by atoms with Crippen LogP contribution in [-0.2, 0) is 0 Å². The molecule has 0 aliphatic carbocycles. The van der Waals surface area contributed by atoms with Crippen LogP contribution in [-0.4, -0.2) is 68.3 Å². The SMILES string of the molecule is NC(=NCCCCC(=O)c1ccccc1C(=O)CCCN=C(N)NC(=O)c1nc(Cl)c(N)nc1N)NC(=O)c1nc(Cl)c(N)nc1N. The number of guanidine groups is 2. The lowest BCUT2D eigenvalue weighted by molar-refractivity contribution is 0.0947. The second-order valence-electron chi connectivity index (χ2n) is 9.66. The van der Waals surface area contributed by atoms with E-state index in [0.717, 1.165) is 0 Å². The third-order valence-electron chi connectivity index (χ3n) is 6.19. The number of hydrogen-bond donors (Lipinski definition) is 8. The molecular weight excluding hydrogens is 655 g/mol. The Labute approximate surface area is 277 Å². The average Bonchev–Trinajstić information content (AvgIpc) is 3.02. The van der Waals surface area contributed by atoms with Crippen LogP contribution in [0.25, 0.3) is 0 Å². The maximum atomic E-state index is 12.9. The number of aliphatic imine (C=N–C) groups is 2. The van der Waals surface area contributed by atoms with E-state index in [1.807, 2.05) is 0 Å². The van der Waals surface area contributed by atoms with Crippen molar-refractivity contribution in [1.29, 1.82) is 0 Å². The van der Waals surface area contributed by atoms with Crippen LogP contribution in [0.4, 0.5) is 23.3 Å². The van der Waals surface area contributed by atoms with Crippen LogP contribution in [0.1, 0.15) is 73.8 Å². The first-order chi connectivity index (χ1) is 22.3. The monoisotopic (exact) mass is 686 g/mol. The van der Waals surface area contributed by atoms with Gasteiger partial charge in [-0.2, -0.15) is 0 Å². The standard InChI is InChI=1S/C27H32Cl2N14O4/c28-18-22(32)40-20(30)16(38-18)24(46)42-26(34)36-10-4-3-8-14(44)12-6-1-2-7-13(12)15(45)9-5-11-37-27(35)43-25(47)17-21(31)41-23(33)19(29)39-17/h1-2,6-7H,3-5,8-11H2,(H4,30,32,40)(H4,31,33,41)(H3,34,36,42,46)(H3,35,37,43,47). The van der Waals surface area contributed by atoms with Crippen LogP contribution in [0.5, 0.6) is 0 Å². The van der Waals surface area contributed by atoms with Crippen molar-refractivity contribution < 1.29 is 19.2 Å². The van der Waals surface area contributed by atoms with Gasteiger partial charge in [0.15, 0.2) is 68.5 Å². The molecule has 0 fully saturated rings. The van der Waals surface area contributed by atoms with E-state index in [-0.39, 0.29) is 106 Å². The topological polar surface area (TPSA) is 325 Å². The van der Waals surface area contributed by atoms with E-state index in [9.17, 15) is 19.2 Å². The molecule has 18 nitrogen and oxygen atoms in total. The van der Waals surface area contributed by atoms with Gasteiger partial charge in [-0.15, -0.1) is 0 Å². The highest BCUT2D eigenvalue weighted by Gasteiger charge is 2.19. The van der Waals surface area contributed by atoms with Crippen molar-refractivity contribution in [3.63, 3.8) is 0 Å². The third kappa shape index (κ3) is 10.2. The summed E-state index contributed by atoms with van der Waals surface area (Å²) in [7, 11) is 0. The number of ketones is 2. The van der Waals surface area contributed by atoms with Crippen LogP contribution < -0.4 is 45.0 Å². The second kappa shape index (κ2) is 16.6. The number of amides is 2. The van der Waals surface area contributed by atoms with E-state index in [4.69, 9.17) is 57.6 Å². The lowest BCUT2D eigenvalue weighted by atomic mass is 9.95. The summed E-state index contributed by atoms with van der Waals surface area (Å²) in [5.41, 5.74) is 33.9. The summed E-state index contributed by atoms with van der Waals surface area (Å²) in [5.74, 6) is -3.16. The van der Waals surface area contributed by atoms with Crippen molar-refractivity contribution in [3.8, 4) is 0 Å². The molecule has 2 aromatic heterocycles. The van der Waals surface area contributed by atoms with E-state index in [1.54, 1.807) is 24.3 Å². The Kier molecular flexibility index (Phi) is 12.7. The summed E-state index contributed by atoms with van der Waals surface area (Å²) in [6.07, 6.45) is 1.41. The van der Waals surface area contributed by atoms with Crippen LogP contribution in [0.15, 0.2) is 34.3 Å². The number of carbonyl (C=O) groups is 4. The Morgan fingerprint density at radius 2 is 1.02 bits per heavy atom. The molecular formula is C27H32Cl2N14O4. The molecule has 47 heavy (non-hydrogen) atoms. The molecule has 3 rings (SSSR count). The van der Waals surface area contributed by atoms with Gasteiger partial charge in [-0.3, -0.25) is 39.8 Å². The Bertz CT molecular complexity index is 1750. The number of nitrogens with two attached hydrogens (primary N) is 6. The van der Waals surface area contributed by atoms with Crippen molar-refractivity contribution in [1.82, 2.24) is 30.6 Å². The summed E-state index contributed by atoms with van der Waals surface area (Å²) < 4.78 is 0. The third-order valence-corrected chi connectivity index (χ3v) is 6.75. The summed E-state index contributed by atoms with van der Waals surface area (Å²) in [6, 6.07) is 6.50. The first kappa shape index (κ1) is 35.9. The Morgan fingerprint density at radius 1 is 0.617 bits per heavy atom. The molecule has 0 saturated carbocycles. The van der Waals surface area contributed by atoms with Crippen LogP contribution in [0, 0.1) is 0 Å². The molecule has 14 N–H and O–H groups in total. The van der Waals surface area contributed by atoms with Crippen LogP contribution in [0.3, 0.4) is 0 Å². The fourth-order valence-electron chi connectivity index (χ4n) is 3.92. The molecule has 1 aromatic carbocycles. The molecule has 2 amide bonds. The number of aromatic nitrogens is 4. The molecule has 0 spiro atoms. The van der Waals surface area contributed by atoms with Crippen molar-refractivity contribution in [2.24, 2.45) is 21.5 Å². The number of nitrogens with zero attached hydrogens (tertiary/aromatic N) is 6. The van der Waals surface area contributed by atoms with Crippen molar-refractivity contribution in [2.45, 2.75) is 32.1 Å². The number of halogens is 2. The van der Waals surface area contributed by atoms with Gasteiger partial charge in [0.05, 0.1) is 0 Å². The number of unbranched alkanes of at least 4 members (excludes halogenated alkanes) is 1. The summed E-state index contributed by atoms with van der Waals surface area (Å²) in [6.45, 7) is 0.318. The van der Waals surface area contributed by atoms with E-state index < -0.39 is 11.8 Å². The maximum Gasteiger partial charge on any atom is 0.280 e. The molecule has 0 unspecified atom stereocenters. The smallest absolute Gasteiger partial charge is 0.280 e. The van der Waals surface area contributed by atoms with Gasteiger partial charge < -0.3 is 34.4 Å². The van der Waals surface area contributed by atoms with Gasteiger partial charge in [0.2, 0.25) is 0 Å². The van der Waals surface area contributed by atoms with Gasteiger partial charge in [-0.05, 0) is 19.3 Å². The second-order valence-corrected chi connectivity index (χ2v) is 10.4. The van der Waals surface area contributed by atoms with Gasteiger partial charge in [0.1, 0.15) is 0 Å². The number of rotatable bonds is 13. The van der Waals surface area contributed by atoms with Gasteiger partial charge in [0.25, 0.3) is 11.8 Å². The molecule has 248 valence electrons. The molecule has 0 bridgehead atoms. The number of nitrogens with one attached hydrogen (secondary N) is 2. The molecule has 0 radical (unpaired) electrons. The largest absolute Gasteiger partial charge is 0.382 e. The minimum absolute atomic E-state index is 0.0700. The number of benzene rings is 1. The first-order valence-electron chi connectivity index (χ1n) is 13.8. The predicted molar refractivity (Wildman–Crippen MR) is 178 cm³/mol. The van der Waals surface area contributed by atoms with E-state index in [2.05, 4.69) is 40.6 Å². The quantitative estimate of drug-likeness (QED) is 0.0531. The molecule has 20 heteroatoms. The zero-order valence-corrected chi connectivity index (χ0v) is 26.3. The number of carbonyl (C=O) groups excluding carboxylic acids is 4. The number of hydrogen-bond acceptors (Lipinski definition) is 14. The van der Waals surface area contributed by atoms with Gasteiger partial charge in [-0.25, -0.2) is 19.9 Å². The highest BCUT2D eigenvalue weighted by Crippen LogP contribution is 2.19. The highest BCUT2D eigenvalue weighted by molar-refractivity contribution is 6.32. The minimum Gasteiger partial charge on any atom is -0.382 e. The van der Waals surface area contributed by atoms with E-state index >= 15 is 0 Å². The Hall–Kier alpha value is -5.62. The predicted octanol–water partition coefficient (Wildman–Crippen LogP) is 0.708. The molecule has 0 saturated heterocycles. The lowest BCUT2D eigenvalue weighted by Crippen LogP contribution is -2.38. The van der Waals surface area contributed by atoms with Crippen LogP contribution >= 0.6 is 23.2 Å². The molecule has 0 atom stereocenters. The summed E-state index contributed by atoms with van der Waals surface area (Å²) >= 11 is 11.6. The molecule has 0 aliphatic rings. The van der Waals surface area contributed by atoms with Gasteiger partial charge >= 0.3 is 0 Å². The van der Waals surface area contributed by atoms with Gasteiger partial charge in [0, 0.05) is 37.1 Å². The first-order valence-corrected chi connectivity index (χ1v) is 14.6. The normalized spacial score (nSPS) is 11.6. The lowest BCUT2D eigenvalue weighted by Gasteiger charge is -2.09.